The molecule has 8 nitrogen and oxygen atoms in total. The van der Waals surface area contributed by atoms with E-state index in [1.165, 1.54) is 13.1 Å². The fraction of sp³-hybridized carbons (Fsp3) is 0.545. The number of alkyl carbamates (subject to hydrolysis) is 1. The van der Waals surface area contributed by atoms with Crippen LogP contribution in [0, 0.1) is 0 Å². The second-order valence-corrected chi connectivity index (χ2v) is 8.77. The Balaban J connectivity index is 1.59. The Hall–Kier alpha value is -2.74. The van der Waals surface area contributed by atoms with Crippen LogP contribution in [0.3, 0.4) is 0 Å². The number of hydrogen-bond acceptors (Lipinski definition) is 6. The van der Waals surface area contributed by atoms with Crippen molar-refractivity contribution < 1.29 is 14.3 Å². The second kappa shape index (κ2) is 8.95. The lowest BCUT2D eigenvalue weighted by Crippen LogP contribution is -2.46. The van der Waals surface area contributed by atoms with Crippen molar-refractivity contribution in [3.8, 4) is 0 Å². The topological polar surface area (TPSA) is 93.5 Å². The van der Waals surface area contributed by atoms with Crippen LogP contribution < -0.4 is 10.9 Å². The molecule has 2 heterocycles. The Morgan fingerprint density at radius 3 is 2.53 bits per heavy atom. The summed E-state index contributed by atoms with van der Waals surface area (Å²) in [7, 11) is 0. The first-order valence-corrected chi connectivity index (χ1v) is 10.3. The lowest BCUT2D eigenvalue weighted by molar-refractivity contribution is 0.0478. The molecular formula is C22H30N4O4. The maximum Gasteiger partial charge on any atom is 0.407 e. The molecule has 0 spiro atoms. The SMILES string of the molecule is CC(=O)c1ccc2ncc(=O)n(CCN3CCC(NC(=O)OC(C)(C)C)CC3)c2c1. The maximum atomic E-state index is 12.4. The number of nitrogens with one attached hydrogen (secondary N) is 1. The number of hydrogen-bond donors (Lipinski definition) is 1. The first-order valence-electron chi connectivity index (χ1n) is 10.3. The van der Waals surface area contributed by atoms with Gasteiger partial charge in [0.2, 0.25) is 0 Å². The van der Waals surface area contributed by atoms with Gasteiger partial charge in [0.25, 0.3) is 5.56 Å². The van der Waals surface area contributed by atoms with Crippen LogP contribution in [-0.2, 0) is 11.3 Å². The van der Waals surface area contributed by atoms with Gasteiger partial charge in [-0.05, 0) is 58.7 Å². The Bertz CT molecular complexity index is 985. The average molecular weight is 415 g/mol. The van der Waals surface area contributed by atoms with Crippen LogP contribution in [0.15, 0.2) is 29.2 Å². The van der Waals surface area contributed by atoms with Crippen LogP contribution in [0.4, 0.5) is 4.79 Å². The number of fused-ring (bicyclic) bond motifs is 1. The number of nitrogens with zero attached hydrogens (tertiary/aromatic N) is 3. The van der Waals surface area contributed by atoms with Gasteiger partial charge >= 0.3 is 6.09 Å². The minimum Gasteiger partial charge on any atom is -0.444 e. The number of carbonyl (C=O) groups excluding carboxylic acids is 2. The van der Waals surface area contributed by atoms with Gasteiger partial charge in [-0.15, -0.1) is 0 Å². The fourth-order valence-electron chi connectivity index (χ4n) is 3.63. The predicted molar refractivity (Wildman–Crippen MR) is 115 cm³/mol. The van der Waals surface area contributed by atoms with Gasteiger partial charge in [-0.25, -0.2) is 9.78 Å². The second-order valence-electron chi connectivity index (χ2n) is 8.77. The lowest BCUT2D eigenvalue weighted by Gasteiger charge is -2.33. The molecule has 1 N–H and O–H groups in total. The highest BCUT2D eigenvalue weighted by atomic mass is 16.6. The van der Waals surface area contributed by atoms with Crippen LogP contribution in [0.25, 0.3) is 11.0 Å². The molecule has 0 bridgehead atoms. The molecule has 1 aliphatic rings. The van der Waals surface area contributed by atoms with Crippen molar-refractivity contribution in [3.63, 3.8) is 0 Å². The summed E-state index contributed by atoms with van der Waals surface area (Å²) < 4.78 is 7.00. The van der Waals surface area contributed by atoms with Gasteiger partial charge in [0, 0.05) is 37.8 Å². The van der Waals surface area contributed by atoms with Gasteiger partial charge in [-0.1, -0.05) is 0 Å². The quantitative estimate of drug-likeness (QED) is 0.756. The zero-order valence-corrected chi connectivity index (χ0v) is 18.1. The number of ether oxygens (including phenoxy) is 1. The first-order chi connectivity index (χ1) is 14.1. The van der Waals surface area contributed by atoms with Crippen molar-refractivity contribution in [2.24, 2.45) is 0 Å². The maximum absolute atomic E-state index is 12.4. The third-order valence-electron chi connectivity index (χ3n) is 5.20. The largest absolute Gasteiger partial charge is 0.444 e. The van der Waals surface area contributed by atoms with E-state index in [1.807, 2.05) is 20.8 Å². The number of amides is 1. The Morgan fingerprint density at radius 2 is 1.90 bits per heavy atom. The molecule has 1 fully saturated rings. The number of Topliss-reactive ketones (excluding diaryl/α,β-unsaturated/α-hetero) is 1. The molecular weight excluding hydrogens is 384 g/mol. The number of aromatic nitrogens is 2. The van der Waals surface area contributed by atoms with Crippen LogP contribution in [0.5, 0.6) is 0 Å². The van der Waals surface area contributed by atoms with Crippen molar-refractivity contribution in [1.29, 1.82) is 0 Å². The van der Waals surface area contributed by atoms with E-state index in [2.05, 4.69) is 15.2 Å². The summed E-state index contributed by atoms with van der Waals surface area (Å²) in [5.41, 5.74) is 1.26. The number of rotatable bonds is 5. The Morgan fingerprint density at radius 1 is 1.20 bits per heavy atom. The van der Waals surface area contributed by atoms with E-state index >= 15 is 0 Å². The molecule has 30 heavy (non-hydrogen) atoms. The van der Waals surface area contributed by atoms with Crippen LogP contribution in [-0.4, -0.2) is 57.6 Å². The minimum absolute atomic E-state index is 0.0423. The third kappa shape index (κ3) is 5.66. The monoisotopic (exact) mass is 414 g/mol. The summed E-state index contributed by atoms with van der Waals surface area (Å²) in [5, 5.41) is 2.94. The van der Waals surface area contributed by atoms with Gasteiger partial charge in [0.15, 0.2) is 5.78 Å². The summed E-state index contributed by atoms with van der Waals surface area (Å²) in [5.74, 6) is -0.0423. The van der Waals surface area contributed by atoms with E-state index in [4.69, 9.17) is 4.74 Å². The highest BCUT2D eigenvalue weighted by molar-refractivity contribution is 5.97. The number of likely N-dealkylation sites (tertiary alicyclic amines) is 1. The molecule has 8 heteroatoms. The van der Waals surface area contributed by atoms with Crippen LogP contribution >= 0.6 is 0 Å². The highest BCUT2D eigenvalue weighted by Gasteiger charge is 2.23. The van der Waals surface area contributed by atoms with Crippen LogP contribution in [0.1, 0.15) is 50.9 Å². The summed E-state index contributed by atoms with van der Waals surface area (Å²) in [6.07, 6.45) is 2.61. The van der Waals surface area contributed by atoms with Crippen molar-refractivity contribution in [2.75, 3.05) is 19.6 Å². The normalized spacial score (nSPS) is 15.9. The molecule has 1 saturated heterocycles. The standard InChI is InChI=1S/C22H30N4O4/c1-15(27)16-5-6-18-19(13-16)26(20(28)14-23-18)12-11-25-9-7-17(8-10-25)24-21(29)30-22(2,3)4/h5-6,13-14,17H,7-12H2,1-4H3,(H,24,29). The first kappa shape index (κ1) is 22.0. The molecule has 162 valence electrons. The summed E-state index contributed by atoms with van der Waals surface area (Å²) in [4.78, 5) is 42.5. The molecule has 0 unspecified atom stereocenters. The molecule has 0 radical (unpaired) electrons. The van der Waals surface area contributed by atoms with E-state index < -0.39 is 5.60 Å². The van der Waals surface area contributed by atoms with E-state index in [0.717, 1.165) is 25.9 Å². The van der Waals surface area contributed by atoms with Crippen LogP contribution in [0.2, 0.25) is 0 Å². The molecule has 0 aliphatic carbocycles. The molecule has 0 saturated carbocycles. The number of piperidine rings is 1. The molecule has 1 aromatic carbocycles. The lowest BCUT2D eigenvalue weighted by atomic mass is 10.1. The van der Waals surface area contributed by atoms with Crippen molar-refractivity contribution in [2.45, 2.75) is 58.7 Å². The fourth-order valence-corrected chi connectivity index (χ4v) is 3.63. The number of ketones is 1. The highest BCUT2D eigenvalue weighted by Crippen LogP contribution is 2.15. The Labute approximate surface area is 176 Å². The summed E-state index contributed by atoms with van der Waals surface area (Å²) >= 11 is 0. The predicted octanol–water partition coefficient (Wildman–Crippen LogP) is 2.59. The molecule has 1 aromatic heterocycles. The van der Waals surface area contributed by atoms with E-state index in [0.29, 0.717) is 29.7 Å². The third-order valence-corrected chi connectivity index (χ3v) is 5.20. The molecule has 1 aliphatic heterocycles. The zero-order valence-electron chi connectivity index (χ0n) is 18.1. The van der Waals surface area contributed by atoms with E-state index in [-0.39, 0.29) is 23.5 Å². The zero-order chi connectivity index (χ0) is 21.9. The average Bonchev–Trinajstić information content (AvgIpc) is 2.66. The summed E-state index contributed by atoms with van der Waals surface area (Å²) in [6.45, 7) is 9.94. The molecule has 0 atom stereocenters. The number of carbonyl (C=O) groups is 2. The van der Waals surface area contributed by atoms with Gasteiger partial charge in [-0.3, -0.25) is 9.59 Å². The van der Waals surface area contributed by atoms with E-state index in [1.54, 1.807) is 22.8 Å². The number of benzene rings is 1. The molecule has 3 rings (SSSR count). The molecule has 1 amide bonds. The van der Waals surface area contributed by atoms with Gasteiger partial charge in [0.05, 0.1) is 17.2 Å². The minimum atomic E-state index is -0.506. The van der Waals surface area contributed by atoms with Crippen molar-refractivity contribution in [1.82, 2.24) is 19.8 Å². The van der Waals surface area contributed by atoms with Crippen molar-refractivity contribution >= 4 is 22.9 Å². The molecule has 2 aromatic rings. The van der Waals surface area contributed by atoms with E-state index in [9.17, 15) is 14.4 Å². The van der Waals surface area contributed by atoms with Crippen molar-refractivity contribution in [3.05, 3.63) is 40.3 Å². The Kier molecular flexibility index (Phi) is 6.55. The summed E-state index contributed by atoms with van der Waals surface area (Å²) in [6, 6.07) is 5.34. The van der Waals surface area contributed by atoms with Gasteiger partial charge < -0.3 is 19.5 Å². The van der Waals surface area contributed by atoms with Gasteiger partial charge in [-0.2, -0.15) is 0 Å². The smallest absolute Gasteiger partial charge is 0.407 e. The van der Waals surface area contributed by atoms with Gasteiger partial charge in [0.1, 0.15) is 5.60 Å².